The summed E-state index contributed by atoms with van der Waals surface area (Å²) in [7, 11) is 1.90. The van der Waals surface area contributed by atoms with E-state index >= 15 is 0 Å². The van der Waals surface area contributed by atoms with Crippen LogP contribution in [-0.2, 0) is 18.3 Å². The summed E-state index contributed by atoms with van der Waals surface area (Å²) in [4.78, 5) is 11.8. The molecule has 2 heterocycles. The summed E-state index contributed by atoms with van der Waals surface area (Å²) in [6.07, 6.45) is 6.77. The Balaban J connectivity index is 1.69. The van der Waals surface area contributed by atoms with Crippen LogP contribution < -0.4 is 10.6 Å². The van der Waals surface area contributed by atoms with Crippen molar-refractivity contribution >= 4 is 5.91 Å². The lowest BCUT2D eigenvalue weighted by Crippen LogP contribution is -2.41. The second-order valence-electron chi connectivity index (χ2n) is 4.61. The number of nitrogens with one attached hydrogen (secondary N) is 2. The molecular weight excluding hydrogens is 216 g/mol. The van der Waals surface area contributed by atoms with E-state index in [1.54, 1.807) is 4.68 Å². The second kappa shape index (κ2) is 5.82. The molecule has 1 amide bonds. The lowest BCUT2D eigenvalue weighted by atomic mass is 9.99. The zero-order valence-electron chi connectivity index (χ0n) is 10.3. The first-order valence-corrected chi connectivity index (χ1v) is 6.21. The summed E-state index contributed by atoms with van der Waals surface area (Å²) in [5, 5.41) is 10.3. The van der Waals surface area contributed by atoms with Crippen LogP contribution in [0.1, 0.15) is 18.4 Å². The predicted molar refractivity (Wildman–Crippen MR) is 65.5 cm³/mol. The van der Waals surface area contributed by atoms with Crippen molar-refractivity contribution < 1.29 is 4.79 Å². The number of carbonyl (C=O) groups is 1. The van der Waals surface area contributed by atoms with Gasteiger partial charge < -0.3 is 10.6 Å². The number of aryl methyl sites for hydroxylation is 1. The molecule has 17 heavy (non-hydrogen) atoms. The van der Waals surface area contributed by atoms with Crippen molar-refractivity contribution in [2.75, 3.05) is 19.6 Å². The van der Waals surface area contributed by atoms with Crippen molar-refractivity contribution in [1.82, 2.24) is 20.4 Å². The minimum Gasteiger partial charge on any atom is -0.355 e. The predicted octanol–water partition coefficient (Wildman–Crippen LogP) is 0.0784. The number of piperidine rings is 1. The molecule has 0 aromatic carbocycles. The number of aromatic nitrogens is 2. The summed E-state index contributed by atoms with van der Waals surface area (Å²) in [5.41, 5.74) is 1.16. The highest BCUT2D eigenvalue weighted by Crippen LogP contribution is 2.09. The Labute approximate surface area is 102 Å². The summed E-state index contributed by atoms with van der Waals surface area (Å²) < 4.78 is 1.78. The summed E-state index contributed by atoms with van der Waals surface area (Å²) in [5.74, 6) is 0.332. The first kappa shape index (κ1) is 12.1. The molecule has 0 radical (unpaired) electrons. The normalized spacial score (nSPS) is 20.2. The molecular formula is C12H20N4O. The van der Waals surface area contributed by atoms with Crippen LogP contribution in [0.5, 0.6) is 0 Å². The Hall–Kier alpha value is -1.36. The highest BCUT2D eigenvalue weighted by Gasteiger charge is 2.20. The van der Waals surface area contributed by atoms with Crippen LogP contribution >= 0.6 is 0 Å². The van der Waals surface area contributed by atoms with Crippen molar-refractivity contribution in [3.05, 3.63) is 18.0 Å². The fourth-order valence-corrected chi connectivity index (χ4v) is 2.15. The average molecular weight is 236 g/mol. The zero-order valence-corrected chi connectivity index (χ0v) is 10.3. The molecule has 1 atom stereocenters. The third-order valence-corrected chi connectivity index (χ3v) is 3.14. The molecule has 5 heteroatoms. The average Bonchev–Trinajstić information content (AvgIpc) is 2.76. The second-order valence-corrected chi connectivity index (χ2v) is 4.61. The van der Waals surface area contributed by atoms with Crippen LogP contribution in [0.3, 0.4) is 0 Å². The van der Waals surface area contributed by atoms with Crippen LogP contribution in [0.2, 0.25) is 0 Å². The quantitative estimate of drug-likeness (QED) is 0.778. The van der Waals surface area contributed by atoms with E-state index in [1.807, 2.05) is 19.4 Å². The van der Waals surface area contributed by atoms with Gasteiger partial charge in [-0.1, -0.05) is 0 Å². The Bertz CT molecular complexity index is 368. The van der Waals surface area contributed by atoms with Gasteiger partial charge in [-0.15, -0.1) is 0 Å². The van der Waals surface area contributed by atoms with Crippen molar-refractivity contribution in [1.29, 1.82) is 0 Å². The van der Waals surface area contributed by atoms with E-state index < -0.39 is 0 Å². The lowest BCUT2D eigenvalue weighted by molar-refractivity contribution is -0.125. The van der Waals surface area contributed by atoms with Crippen molar-refractivity contribution in [3.63, 3.8) is 0 Å². The molecule has 94 valence electrons. The van der Waals surface area contributed by atoms with Gasteiger partial charge in [0.2, 0.25) is 5.91 Å². The number of nitrogens with zero attached hydrogens (tertiary/aromatic N) is 2. The highest BCUT2D eigenvalue weighted by atomic mass is 16.1. The SMILES string of the molecule is Cn1cc(CCNC(=O)[C@H]2CCCNC2)cn1. The van der Waals surface area contributed by atoms with E-state index in [-0.39, 0.29) is 11.8 Å². The number of carbonyl (C=O) groups excluding carboxylic acids is 1. The number of rotatable bonds is 4. The van der Waals surface area contributed by atoms with Crippen LogP contribution in [0, 0.1) is 5.92 Å². The monoisotopic (exact) mass is 236 g/mol. The molecule has 0 saturated carbocycles. The molecule has 0 bridgehead atoms. The maximum Gasteiger partial charge on any atom is 0.224 e. The smallest absolute Gasteiger partial charge is 0.224 e. The standard InChI is InChI=1S/C12H20N4O/c1-16-9-10(7-15-16)4-6-14-12(17)11-3-2-5-13-8-11/h7,9,11,13H,2-6,8H2,1H3,(H,14,17)/t11-/m0/s1. The van der Waals surface area contributed by atoms with Crippen molar-refractivity contribution in [2.45, 2.75) is 19.3 Å². The van der Waals surface area contributed by atoms with Gasteiger partial charge in [-0.2, -0.15) is 5.10 Å². The number of amides is 1. The van der Waals surface area contributed by atoms with Gasteiger partial charge in [0.05, 0.1) is 12.1 Å². The Morgan fingerprint density at radius 1 is 1.71 bits per heavy atom. The van der Waals surface area contributed by atoms with Crippen LogP contribution in [0.15, 0.2) is 12.4 Å². The van der Waals surface area contributed by atoms with Gasteiger partial charge in [-0.25, -0.2) is 0 Å². The minimum atomic E-state index is 0.151. The Kier molecular flexibility index (Phi) is 4.14. The maximum absolute atomic E-state index is 11.8. The maximum atomic E-state index is 11.8. The van der Waals surface area contributed by atoms with Crippen LogP contribution in [-0.4, -0.2) is 35.3 Å². The van der Waals surface area contributed by atoms with E-state index in [4.69, 9.17) is 0 Å². The van der Waals surface area contributed by atoms with E-state index in [0.717, 1.165) is 37.9 Å². The third kappa shape index (κ3) is 3.56. The molecule has 1 saturated heterocycles. The molecule has 0 unspecified atom stereocenters. The van der Waals surface area contributed by atoms with Gasteiger partial charge >= 0.3 is 0 Å². The molecule has 2 rings (SSSR count). The largest absolute Gasteiger partial charge is 0.355 e. The first-order valence-electron chi connectivity index (χ1n) is 6.21. The fraction of sp³-hybridized carbons (Fsp3) is 0.667. The molecule has 1 aromatic heterocycles. The number of hydrogen-bond acceptors (Lipinski definition) is 3. The lowest BCUT2D eigenvalue weighted by Gasteiger charge is -2.21. The van der Waals surface area contributed by atoms with Crippen molar-refractivity contribution in [3.8, 4) is 0 Å². The van der Waals surface area contributed by atoms with Gasteiger partial charge in [0.15, 0.2) is 0 Å². The Morgan fingerprint density at radius 3 is 3.24 bits per heavy atom. The summed E-state index contributed by atoms with van der Waals surface area (Å²) >= 11 is 0. The molecule has 1 aromatic rings. The number of hydrogen-bond donors (Lipinski definition) is 2. The molecule has 1 fully saturated rings. The summed E-state index contributed by atoms with van der Waals surface area (Å²) in [6.45, 7) is 2.55. The minimum absolute atomic E-state index is 0.151. The van der Waals surface area contributed by atoms with Gasteiger partial charge in [0.25, 0.3) is 0 Å². The fourth-order valence-electron chi connectivity index (χ4n) is 2.15. The van der Waals surface area contributed by atoms with Crippen molar-refractivity contribution in [2.24, 2.45) is 13.0 Å². The molecule has 0 spiro atoms. The van der Waals surface area contributed by atoms with Gasteiger partial charge in [0, 0.05) is 26.3 Å². The molecule has 0 aliphatic carbocycles. The molecule has 1 aliphatic rings. The zero-order chi connectivity index (χ0) is 12.1. The molecule has 5 nitrogen and oxygen atoms in total. The Morgan fingerprint density at radius 2 is 2.59 bits per heavy atom. The molecule has 1 aliphatic heterocycles. The highest BCUT2D eigenvalue weighted by molar-refractivity contribution is 5.78. The van der Waals surface area contributed by atoms with E-state index in [2.05, 4.69) is 15.7 Å². The summed E-state index contributed by atoms with van der Waals surface area (Å²) in [6, 6.07) is 0. The van der Waals surface area contributed by atoms with Gasteiger partial charge in [-0.05, 0) is 31.4 Å². The van der Waals surface area contributed by atoms with E-state index in [9.17, 15) is 4.79 Å². The van der Waals surface area contributed by atoms with E-state index in [1.165, 1.54) is 0 Å². The first-order chi connectivity index (χ1) is 8.25. The third-order valence-electron chi connectivity index (χ3n) is 3.14. The molecule has 2 N–H and O–H groups in total. The van der Waals surface area contributed by atoms with Gasteiger partial charge in [0.1, 0.15) is 0 Å². The van der Waals surface area contributed by atoms with Crippen LogP contribution in [0.4, 0.5) is 0 Å². The van der Waals surface area contributed by atoms with E-state index in [0.29, 0.717) is 6.54 Å². The van der Waals surface area contributed by atoms with Crippen LogP contribution in [0.25, 0.3) is 0 Å². The topological polar surface area (TPSA) is 59.0 Å². The van der Waals surface area contributed by atoms with Gasteiger partial charge in [-0.3, -0.25) is 9.48 Å².